The second-order valence-electron chi connectivity index (χ2n) is 2.70. The lowest BCUT2D eigenvalue weighted by atomic mass is 10.1. The minimum Gasteiger partial charge on any atom is -0.422 e. The van der Waals surface area contributed by atoms with Crippen LogP contribution in [0, 0.1) is 5.92 Å². The predicted molar refractivity (Wildman–Crippen MR) is 41.2 cm³/mol. The summed E-state index contributed by atoms with van der Waals surface area (Å²) in [5, 5.41) is 0. The summed E-state index contributed by atoms with van der Waals surface area (Å²) in [4.78, 5) is 0. The first-order chi connectivity index (χ1) is 5.49. The summed E-state index contributed by atoms with van der Waals surface area (Å²) in [6, 6.07) is 0. The van der Waals surface area contributed by atoms with E-state index in [2.05, 4.69) is 4.18 Å². The van der Waals surface area contributed by atoms with Crippen LogP contribution in [0.3, 0.4) is 0 Å². The van der Waals surface area contributed by atoms with Gasteiger partial charge in [0, 0.05) is 5.92 Å². The maximum atomic E-state index is 11.6. The summed E-state index contributed by atoms with van der Waals surface area (Å²) in [5.74, 6) is 0.581. The first-order valence-electron chi connectivity index (χ1n) is 3.61. The van der Waals surface area contributed by atoms with Crippen LogP contribution in [0.25, 0.3) is 0 Å². The second kappa shape index (κ2) is 3.60. The molecule has 1 aliphatic carbocycles. The molecule has 0 spiro atoms. The number of rotatable bonds is 2. The Hall–Kier alpha value is -0.320. The summed E-state index contributed by atoms with van der Waals surface area (Å²) in [7, 11) is 0. The number of alkyl halides is 3. The monoisotopic (exact) mass is 198 g/mol. The SMILES string of the molecule is CC1CCC=C1OSC(F)(F)F. The van der Waals surface area contributed by atoms with Crippen molar-refractivity contribution in [3.63, 3.8) is 0 Å². The van der Waals surface area contributed by atoms with Crippen molar-refractivity contribution in [1.82, 2.24) is 0 Å². The summed E-state index contributed by atoms with van der Waals surface area (Å²) in [6.07, 6.45) is 3.41. The molecule has 70 valence electrons. The third-order valence-corrected chi connectivity index (χ3v) is 2.13. The second-order valence-corrected chi connectivity index (χ2v) is 3.49. The molecule has 1 atom stereocenters. The van der Waals surface area contributed by atoms with Crippen LogP contribution < -0.4 is 0 Å². The average Bonchev–Trinajstić information content (AvgIpc) is 2.29. The summed E-state index contributed by atoms with van der Waals surface area (Å²) in [5.41, 5.74) is -4.30. The van der Waals surface area contributed by atoms with Gasteiger partial charge in [0.05, 0.1) is 0 Å². The van der Waals surface area contributed by atoms with Crippen LogP contribution in [0.5, 0.6) is 0 Å². The van der Waals surface area contributed by atoms with E-state index in [9.17, 15) is 13.2 Å². The summed E-state index contributed by atoms with van der Waals surface area (Å²) in [6.45, 7) is 1.86. The lowest BCUT2D eigenvalue weighted by Crippen LogP contribution is -2.03. The molecule has 1 unspecified atom stereocenters. The maximum absolute atomic E-state index is 11.6. The van der Waals surface area contributed by atoms with Crippen molar-refractivity contribution in [2.24, 2.45) is 5.92 Å². The molecule has 1 rings (SSSR count). The van der Waals surface area contributed by atoms with Gasteiger partial charge in [-0.2, -0.15) is 13.2 Å². The Kier molecular flexibility index (Phi) is 2.93. The van der Waals surface area contributed by atoms with Crippen molar-refractivity contribution in [1.29, 1.82) is 0 Å². The molecule has 0 saturated carbocycles. The first kappa shape index (κ1) is 9.77. The normalized spacial score (nSPS) is 24.0. The molecule has 0 radical (unpaired) electrons. The lowest BCUT2D eigenvalue weighted by molar-refractivity contribution is -0.0386. The van der Waals surface area contributed by atoms with Gasteiger partial charge in [0.1, 0.15) is 5.76 Å². The van der Waals surface area contributed by atoms with Crippen molar-refractivity contribution in [3.8, 4) is 0 Å². The van der Waals surface area contributed by atoms with E-state index in [1.54, 1.807) is 6.08 Å². The van der Waals surface area contributed by atoms with Gasteiger partial charge in [-0.25, -0.2) is 0 Å². The number of halogens is 3. The van der Waals surface area contributed by atoms with Crippen LogP contribution in [0.2, 0.25) is 0 Å². The fourth-order valence-corrected chi connectivity index (χ4v) is 1.45. The highest BCUT2D eigenvalue weighted by Gasteiger charge is 2.32. The maximum Gasteiger partial charge on any atom is 0.479 e. The van der Waals surface area contributed by atoms with Crippen LogP contribution >= 0.6 is 12.0 Å². The average molecular weight is 198 g/mol. The van der Waals surface area contributed by atoms with Gasteiger partial charge in [-0.15, -0.1) is 0 Å². The minimum absolute atomic E-state index is 0.125. The molecule has 0 bridgehead atoms. The Balaban J connectivity index is 2.32. The molecule has 0 fully saturated rings. The molecule has 1 nitrogen and oxygen atoms in total. The van der Waals surface area contributed by atoms with Crippen molar-refractivity contribution in [3.05, 3.63) is 11.8 Å². The van der Waals surface area contributed by atoms with Crippen LogP contribution in [0.4, 0.5) is 13.2 Å². The van der Waals surface area contributed by atoms with E-state index in [4.69, 9.17) is 0 Å². The largest absolute Gasteiger partial charge is 0.479 e. The fraction of sp³-hybridized carbons (Fsp3) is 0.714. The Morgan fingerprint density at radius 2 is 2.25 bits per heavy atom. The van der Waals surface area contributed by atoms with Crippen LogP contribution in [-0.4, -0.2) is 5.51 Å². The van der Waals surface area contributed by atoms with Crippen molar-refractivity contribution < 1.29 is 17.4 Å². The zero-order valence-electron chi connectivity index (χ0n) is 6.52. The molecular weight excluding hydrogens is 189 g/mol. The van der Waals surface area contributed by atoms with E-state index < -0.39 is 17.6 Å². The quantitative estimate of drug-likeness (QED) is 0.628. The standard InChI is InChI=1S/C7H9F3OS/c1-5-3-2-4-6(5)11-12-7(8,9)10/h4-5H,2-3H2,1H3. The molecule has 0 saturated heterocycles. The molecule has 0 N–H and O–H groups in total. The van der Waals surface area contributed by atoms with E-state index in [1.807, 2.05) is 6.92 Å². The molecule has 5 heteroatoms. The van der Waals surface area contributed by atoms with Gasteiger partial charge in [-0.3, -0.25) is 0 Å². The van der Waals surface area contributed by atoms with Gasteiger partial charge >= 0.3 is 5.51 Å². The lowest BCUT2D eigenvalue weighted by Gasteiger charge is -2.10. The molecule has 0 aromatic rings. The fourth-order valence-electron chi connectivity index (χ4n) is 1.03. The van der Waals surface area contributed by atoms with Gasteiger partial charge in [0.15, 0.2) is 12.0 Å². The summed E-state index contributed by atoms with van der Waals surface area (Å²) >= 11 is -0.434. The molecule has 0 aromatic heterocycles. The van der Waals surface area contributed by atoms with Crippen LogP contribution in [-0.2, 0) is 4.18 Å². The Bertz CT molecular complexity index is 188. The van der Waals surface area contributed by atoms with E-state index in [-0.39, 0.29) is 5.92 Å². The van der Waals surface area contributed by atoms with E-state index in [1.165, 1.54) is 0 Å². The van der Waals surface area contributed by atoms with Gasteiger partial charge < -0.3 is 4.18 Å². The van der Waals surface area contributed by atoms with E-state index in [0.717, 1.165) is 12.8 Å². The predicted octanol–water partition coefficient (Wildman–Crippen LogP) is 3.48. The topological polar surface area (TPSA) is 9.23 Å². The Morgan fingerprint density at radius 3 is 2.67 bits per heavy atom. The first-order valence-corrected chi connectivity index (χ1v) is 4.35. The van der Waals surface area contributed by atoms with E-state index >= 15 is 0 Å². The minimum atomic E-state index is -4.30. The third kappa shape index (κ3) is 2.97. The Labute approximate surface area is 73.2 Å². The highest BCUT2D eigenvalue weighted by Crippen LogP contribution is 2.37. The van der Waals surface area contributed by atoms with Crippen LogP contribution in [0.1, 0.15) is 19.8 Å². The molecular formula is C7H9F3OS. The Morgan fingerprint density at radius 1 is 1.58 bits per heavy atom. The molecule has 1 aliphatic rings. The molecule has 12 heavy (non-hydrogen) atoms. The number of allylic oxidation sites excluding steroid dienone is 2. The van der Waals surface area contributed by atoms with Crippen molar-refractivity contribution in [2.75, 3.05) is 0 Å². The summed E-state index contributed by atoms with van der Waals surface area (Å²) < 4.78 is 39.5. The smallest absolute Gasteiger partial charge is 0.422 e. The van der Waals surface area contributed by atoms with Gasteiger partial charge in [0.25, 0.3) is 0 Å². The van der Waals surface area contributed by atoms with Crippen molar-refractivity contribution in [2.45, 2.75) is 25.3 Å². The molecule has 0 heterocycles. The zero-order chi connectivity index (χ0) is 9.19. The third-order valence-electron chi connectivity index (χ3n) is 1.66. The van der Waals surface area contributed by atoms with Crippen molar-refractivity contribution >= 4 is 12.0 Å². The number of hydrogen-bond donors (Lipinski definition) is 0. The van der Waals surface area contributed by atoms with Gasteiger partial charge in [-0.05, 0) is 18.9 Å². The zero-order valence-corrected chi connectivity index (χ0v) is 7.34. The number of hydrogen-bond acceptors (Lipinski definition) is 2. The van der Waals surface area contributed by atoms with Gasteiger partial charge in [-0.1, -0.05) is 6.92 Å². The van der Waals surface area contributed by atoms with Gasteiger partial charge in [0.2, 0.25) is 0 Å². The highest BCUT2D eigenvalue weighted by atomic mass is 32.2. The molecule has 0 amide bonds. The molecule has 0 aliphatic heterocycles. The van der Waals surface area contributed by atoms with Crippen LogP contribution in [0.15, 0.2) is 11.8 Å². The highest BCUT2D eigenvalue weighted by molar-refractivity contribution is 7.95. The molecule has 0 aromatic carbocycles. The van der Waals surface area contributed by atoms with E-state index in [0.29, 0.717) is 5.76 Å².